The van der Waals surface area contributed by atoms with Crippen LogP contribution in [0.25, 0.3) is 11.0 Å². The van der Waals surface area contributed by atoms with Gasteiger partial charge in [-0.3, -0.25) is 14.5 Å². The summed E-state index contributed by atoms with van der Waals surface area (Å²) in [6.07, 6.45) is 1.82. The number of fused-ring (bicyclic) bond motifs is 1. The van der Waals surface area contributed by atoms with Crippen molar-refractivity contribution in [2.75, 3.05) is 18.0 Å². The first-order valence-corrected chi connectivity index (χ1v) is 8.54. The first kappa shape index (κ1) is 17.5. The Hall–Kier alpha value is -1.85. The summed E-state index contributed by atoms with van der Waals surface area (Å²) in [6, 6.07) is 0. The van der Waals surface area contributed by atoms with E-state index in [4.69, 9.17) is 4.98 Å². The third-order valence-corrected chi connectivity index (χ3v) is 3.71. The van der Waals surface area contributed by atoms with Gasteiger partial charge in [-0.1, -0.05) is 41.0 Å². The minimum absolute atomic E-state index is 0.111. The second kappa shape index (κ2) is 7.15. The zero-order chi connectivity index (χ0) is 17.1. The molecule has 0 spiro atoms. The predicted octanol–water partition coefficient (Wildman–Crippen LogP) is 2.73. The Morgan fingerprint density at radius 2 is 1.78 bits per heavy atom. The third-order valence-electron chi connectivity index (χ3n) is 3.71. The second-order valence-electron chi connectivity index (χ2n) is 7.10. The fourth-order valence-electron chi connectivity index (χ4n) is 2.92. The van der Waals surface area contributed by atoms with Gasteiger partial charge in [-0.2, -0.15) is 5.10 Å². The number of H-pyrrole nitrogens is 1. The molecule has 0 saturated carbocycles. The zero-order valence-electron chi connectivity index (χ0n) is 15.2. The van der Waals surface area contributed by atoms with E-state index in [0.717, 1.165) is 37.1 Å². The van der Waals surface area contributed by atoms with Gasteiger partial charge in [-0.15, -0.1) is 0 Å². The van der Waals surface area contributed by atoms with Crippen LogP contribution in [0.3, 0.4) is 0 Å². The lowest BCUT2D eigenvalue weighted by molar-refractivity contribution is 0.544. The number of aryl methyl sites for hydroxylation is 2. The Bertz CT molecular complexity index is 704. The van der Waals surface area contributed by atoms with Gasteiger partial charge in [-0.05, 0) is 18.3 Å². The Labute approximate surface area is 137 Å². The quantitative estimate of drug-likeness (QED) is 0.852. The van der Waals surface area contributed by atoms with E-state index >= 15 is 0 Å². The van der Waals surface area contributed by atoms with Gasteiger partial charge in [0.05, 0.1) is 5.69 Å². The van der Waals surface area contributed by atoms with Gasteiger partial charge < -0.3 is 4.90 Å². The molecule has 0 aliphatic rings. The van der Waals surface area contributed by atoms with Gasteiger partial charge in [0.1, 0.15) is 5.52 Å². The number of hydrogen-bond donors (Lipinski definition) is 1. The molecule has 0 amide bonds. The van der Waals surface area contributed by atoms with Crippen LogP contribution < -0.4 is 10.5 Å². The van der Waals surface area contributed by atoms with E-state index in [1.807, 2.05) is 0 Å². The summed E-state index contributed by atoms with van der Waals surface area (Å²) in [4.78, 5) is 22.4. The highest BCUT2D eigenvalue weighted by atomic mass is 16.1. The van der Waals surface area contributed by atoms with Crippen molar-refractivity contribution in [1.29, 1.82) is 0 Å². The summed E-state index contributed by atoms with van der Waals surface area (Å²) >= 11 is 0. The van der Waals surface area contributed by atoms with Crippen LogP contribution in [-0.2, 0) is 13.5 Å². The highest BCUT2D eigenvalue weighted by Crippen LogP contribution is 2.18. The topological polar surface area (TPSA) is 66.8 Å². The molecule has 0 saturated heterocycles. The molecule has 6 heteroatoms. The van der Waals surface area contributed by atoms with Crippen molar-refractivity contribution >= 4 is 17.0 Å². The third kappa shape index (κ3) is 3.92. The molecule has 0 aliphatic heterocycles. The maximum Gasteiger partial charge on any atom is 0.278 e. The Morgan fingerprint density at radius 1 is 1.17 bits per heavy atom. The van der Waals surface area contributed by atoms with Crippen LogP contribution in [0, 0.1) is 11.8 Å². The first-order chi connectivity index (χ1) is 10.8. The molecule has 0 radical (unpaired) electrons. The maximum absolute atomic E-state index is 12.5. The van der Waals surface area contributed by atoms with Crippen molar-refractivity contribution in [3.05, 3.63) is 16.0 Å². The van der Waals surface area contributed by atoms with Gasteiger partial charge in [0.15, 0.2) is 5.52 Å². The lowest BCUT2D eigenvalue weighted by Gasteiger charge is -2.26. The number of anilines is 1. The summed E-state index contributed by atoms with van der Waals surface area (Å²) < 4.78 is 1.64. The molecule has 0 bridgehead atoms. The van der Waals surface area contributed by atoms with Crippen molar-refractivity contribution in [2.24, 2.45) is 18.9 Å². The molecule has 0 unspecified atom stereocenters. The van der Waals surface area contributed by atoms with Crippen molar-refractivity contribution in [1.82, 2.24) is 19.7 Å². The summed E-state index contributed by atoms with van der Waals surface area (Å²) in [5.74, 6) is 1.66. The largest absolute Gasteiger partial charge is 0.342 e. The molecule has 128 valence electrons. The van der Waals surface area contributed by atoms with E-state index in [2.05, 4.69) is 49.6 Å². The van der Waals surface area contributed by atoms with Crippen molar-refractivity contribution in [2.45, 2.75) is 47.5 Å². The van der Waals surface area contributed by atoms with Crippen LogP contribution in [0.2, 0.25) is 0 Å². The van der Waals surface area contributed by atoms with Crippen LogP contribution in [0.1, 0.15) is 46.7 Å². The molecule has 2 heterocycles. The van der Waals surface area contributed by atoms with Crippen LogP contribution in [0.4, 0.5) is 5.95 Å². The Kier molecular flexibility index (Phi) is 5.44. The van der Waals surface area contributed by atoms with Crippen molar-refractivity contribution in [3.63, 3.8) is 0 Å². The summed E-state index contributed by atoms with van der Waals surface area (Å²) in [7, 11) is 1.80. The molecule has 0 atom stereocenters. The number of aromatic amines is 1. The van der Waals surface area contributed by atoms with Gasteiger partial charge in [0, 0.05) is 20.1 Å². The van der Waals surface area contributed by atoms with E-state index in [-0.39, 0.29) is 5.56 Å². The van der Waals surface area contributed by atoms with E-state index in [1.165, 1.54) is 0 Å². The summed E-state index contributed by atoms with van der Waals surface area (Å²) in [6.45, 7) is 12.6. The highest BCUT2D eigenvalue weighted by molar-refractivity contribution is 5.77. The van der Waals surface area contributed by atoms with E-state index in [0.29, 0.717) is 23.3 Å². The van der Waals surface area contributed by atoms with Crippen LogP contribution in [0.5, 0.6) is 0 Å². The average Bonchev–Trinajstić information content (AvgIpc) is 2.74. The minimum atomic E-state index is -0.111. The zero-order valence-corrected chi connectivity index (χ0v) is 15.2. The lowest BCUT2D eigenvalue weighted by Crippen LogP contribution is -2.34. The van der Waals surface area contributed by atoms with Gasteiger partial charge >= 0.3 is 0 Å². The van der Waals surface area contributed by atoms with Crippen molar-refractivity contribution < 1.29 is 0 Å². The smallest absolute Gasteiger partial charge is 0.278 e. The number of nitrogens with zero attached hydrogens (tertiary/aromatic N) is 4. The van der Waals surface area contributed by atoms with Crippen LogP contribution in [-0.4, -0.2) is 32.8 Å². The average molecular weight is 319 g/mol. The number of nitrogens with one attached hydrogen (secondary N) is 1. The SMILES string of the molecule is CCCc1nn(C)c2c(=O)[nH]c(N(CC(C)C)CC(C)C)nc12. The van der Waals surface area contributed by atoms with Crippen LogP contribution >= 0.6 is 0 Å². The maximum atomic E-state index is 12.5. The highest BCUT2D eigenvalue weighted by Gasteiger charge is 2.18. The van der Waals surface area contributed by atoms with Gasteiger partial charge in [0.2, 0.25) is 5.95 Å². The number of hydrogen-bond acceptors (Lipinski definition) is 4. The summed E-state index contributed by atoms with van der Waals surface area (Å²) in [5.41, 5.74) is 2.10. The molecule has 2 aromatic rings. The Balaban J connectivity index is 2.54. The molecule has 1 N–H and O–H groups in total. The normalized spacial score (nSPS) is 11.8. The molecule has 2 aromatic heterocycles. The number of aromatic nitrogens is 4. The molecule has 6 nitrogen and oxygen atoms in total. The second-order valence-corrected chi connectivity index (χ2v) is 7.10. The van der Waals surface area contributed by atoms with Crippen molar-refractivity contribution in [3.8, 4) is 0 Å². The monoisotopic (exact) mass is 319 g/mol. The molecule has 0 aromatic carbocycles. The number of rotatable bonds is 7. The molecule has 0 aliphatic carbocycles. The predicted molar refractivity (Wildman–Crippen MR) is 95.0 cm³/mol. The van der Waals surface area contributed by atoms with Gasteiger partial charge in [-0.25, -0.2) is 4.98 Å². The van der Waals surface area contributed by atoms with Crippen LogP contribution in [0.15, 0.2) is 4.79 Å². The first-order valence-electron chi connectivity index (χ1n) is 8.54. The Morgan fingerprint density at radius 3 is 2.30 bits per heavy atom. The molecule has 0 fully saturated rings. The molecular weight excluding hydrogens is 290 g/mol. The summed E-state index contributed by atoms with van der Waals surface area (Å²) in [5, 5.41) is 4.48. The fraction of sp³-hybridized carbons (Fsp3) is 0.706. The molecule has 2 rings (SSSR count). The minimum Gasteiger partial charge on any atom is -0.342 e. The molecular formula is C17H29N5O. The standard InChI is InChI=1S/C17H29N5O/c1-7-8-13-14-15(21(6)20-13)16(23)19-17(18-14)22(9-11(2)3)10-12(4)5/h11-12H,7-10H2,1-6H3,(H,18,19,23). The molecule has 23 heavy (non-hydrogen) atoms. The fourth-order valence-corrected chi connectivity index (χ4v) is 2.92. The van der Waals surface area contributed by atoms with E-state index in [1.54, 1.807) is 11.7 Å². The van der Waals surface area contributed by atoms with E-state index < -0.39 is 0 Å². The van der Waals surface area contributed by atoms with Gasteiger partial charge in [0.25, 0.3) is 5.56 Å². The van der Waals surface area contributed by atoms with E-state index in [9.17, 15) is 4.79 Å². The lowest BCUT2D eigenvalue weighted by atomic mass is 10.1.